The molecule has 1 fully saturated rings. The number of hydrogen-bond acceptors (Lipinski definition) is 4. The third-order valence-electron chi connectivity index (χ3n) is 3.33. The second kappa shape index (κ2) is 5.93. The zero-order valence-electron chi connectivity index (χ0n) is 10.8. The number of hydrogen-bond donors (Lipinski definition) is 1. The van der Waals surface area contributed by atoms with Crippen LogP contribution in [0.5, 0.6) is 0 Å². The van der Waals surface area contributed by atoms with Gasteiger partial charge in [-0.1, -0.05) is 12.1 Å². The summed E-state index contributed by atoms with van der Waals surface area (Å²) in [6, 6.07) is 7.66. The average molecular weight is 352 g/mol. The van der Waals surface area contributed by atoms with Gasteiger partial charge in [-0.25, -0.2) is 4.98 Å². The lowest BCUT2D eigenvalue weighted by Crippen LogP contribution is -2.37. The van der Waals surface area contributed by atoms with E-state index in [1.54, 1.807) is 11.3 Å². The third kappa shape index (κ3) is 2.86. The van der Waals surface area contributed by atoms with Crippen LogP contribution in [0.15, 0.2) is 40.3 Å². The lowest BCUT2D eigenvalue weighted by Gasteiger charge is -2.16. The van der Waals surface area contributed by atoms with Crippen molar-refractivity contribution in [3.05, 3.63) is 45.9 Å². The highest BCUT2D eigenvalue weighted by Gasteiger charge is 2.25. The number of aromatic nitrogens is 1. The predicted molar refractivity (Wildman–Crippen MR) is 84.3 cm³/mol. The van der Waals surface area contributed by atoms with Crippen molar-refractivity contribution in [1.82, 2.24) is 10.3 Å². The molecule has 3 rings (SSSR count). The summed E-state index contributed by atoms with van der Waals surface area (Å²) in [5, 5.41) is 6.10. The van der Waals surface area contributed by atoms with Gasteiger partial charge in [-0.15, -0.1) is 11.3 Å². The van der Waals surface area contributed by atoms with E-state index in [9.17, 15) is 4.79 Å². The molecule has 0 saturated carbocycles. The van der Waals surface area contributed by atoms with Gasteiger partial charge in [-0.2, -0.15) is 0 Å². The van der Waals surface area contributed by atoms with Gasteiger partial charge >= 0.3 is 0 Å². The van der Waals surface area contributed by atoms with Crippen molar-refractivity contribution in [3.8, 4) is 0 Å². The Bertz CT molecular complexity index is 602. The van der Waals surface area contributed by atoms with Crippen molar-refractivity contribution >= 4 is 38.3 Å². The first kappa shape index (κ1) is 13.6. The SMILES string of the molecule is O=C(NC1CCN(c2nccs2)C1)c1ccccc1Br. The Balaban J connectivity index is 1.62. The van der Waals surface area contributed by atoms with E-state index < -0.39 is 0 Å². The molecule has 104 valence electrons. The van der Waals surface area contributed by atoms with Crippen LogP contribution in [0.3, 0.4) is 0 Å². The number of thiazole rings is 1. The number of rotatable bonds is 3. The fraction of sp³-hybridized carbons (Fsp3) is 0.286. The van der Waals surface area contributed by atoms with Gasteiger partial charge in [0.2, 0.25) is 0 Å². The van der Waals surface area contributed by atoms with Crippen molar-refractivity contribution in [2.75, 3.05) is 18.0 Å². The molecule has 1 atom stereocenters. The highest BCUT2D eigenvalue weighted by atomic mass is 79.9. The predicted octanol–water partition coefficient (Wildman–Crippen LogP) is 2.91. The summed E-state index contributed by atoms with van der Waals surface area (Å²) in [5.41, 5.74) is 0.681. The van der Waals surface area contributed by atoms with E-state index in [2.05, 4.69) is 31.1 Å². The van der Waals surface area contributed by atoms with E-state index in [0.29, 0.717) is 5.56 Å². The molecule has 1 N–H and O–H groups in total. The number of halogens is 1. The molecule has 0 aliphatic carbocycles. The number of nitrogens with one attached hydrogen (secondary N) is 1. The van der Waals surface area contributed by atoms with Gasteiger partial charge in [0.05, 0.1) is 5.56 Å². The zero-order valence-corrected chi connectivity index (χ0v) is 13.2. The molecule has 2 aromatic rings. The summed E-state index contributed by atoms with van der Waals surface area (Å²) in [6.07, 6.45) is 2.77. The second-order valence-electron chi connectivity index (χ2n) is 4.70. The molecule has 1 aromatic heterocycles. The number of nitrogens with zero attached hydrogens (tertiary/aromatic N) is 2. The van der Waals surface area contributed by atoms with Crippen molar-refractivity contribution in [1.29, 1.82) is 0 Å². The summed E-state index contributed by atoms with van der Waals surface area (Å²) in [6.45, 7) is 1.76. The van der Waals surface area contributed by atoms with Crippen LogP contribution in [0, 0.1) is 0 Å². The molecule has 20 heavy (non-hydrogen) atoms. The maximum Gasteiger partial charge on any atom is 0.252 e. The normalized spacial score (nSPS) is 18.2. The maximum absolute atomic E-state index is 12.2. The van der Waals surface area contributed by atoms with E-state index in [4.69, 9.17) is 0 Å². The molecule has 1 aromatic carbocycles. The Labute approximate surface area is 130 Å². The van der Waals surface area contributed by atoms with Crippen molar-refractivity contribution in [3.63, 3.8) is 0 Å². The molecule has 2 heterocycles. The van der Waals surface area contributed by atoms with E-state index in [0.717, 1.165) is 29.1 Å². The first-order chi connectivity index (χ1) is 9.74. The van der Waals surface area contributed by atoms with E-state index in [1.165, 1.54) is 0 Å². The molecule has 6 heteroatoms. The smallest absolute Gasteiger partial charge is 0.252 e. The molecule has 1 aliphatic rings. The molecule has 4 nitrogen and oxygen atoms in total. The summed E-state index contributed by atoms with van der Waals surface area (Å²) >= 11 is 5.04. The van der Waals surface area contributed by atoms with E-state index in [-0.39, 0.29) is 11.9 Å². The highest BCUT2D eigenvalue weighted by Crippen LogP contribution is 2.23. The number of benzene rings is 1. The Morgan fingerprint density at radius 1 is 1.45 bits per heavy atom. The Morgan fingerprint density at radius 3 is 3.05 bits per heavy atom. The topological polar surface area (TPSA) is 45.2 Å². The van der Waals surface area contributed by atoms with Gasteiger partial charge < -0.3 is 10.2 Å². The van der Waals surface area contributed by atoms with Gasteiger partial charge in [0.15, 0.2) is 5.13 Å². The largest absolute Gasteiger partial charge is 0.347 e. The van der Waals surface area contributed by atoms with Crippen LogP contribution in [0.4, 0.5) is 5.13 Å². The van der Waals surface area contributed by atoms with Gasteiger partial charge in [-0.05, 0) is 34.5 Å². The fourth-order valence-electron chi connectivity index (χ4n) is 2.33. The fourth-order valence-corrected chi connectivity index (χ4v) is 3.48. The van der Waals surface area contributed by atoms with Gasteiger partial charge in [0.25, 0.3) is 5.91 Å². The van der Waals surface area contributed by atoms with Gasteiger partial charge in [0.1, 0.15) is 0 Å². The highest BCUT2D eigenvalue weighted by molar-refractivity contribution is 9.10. The van der Waals surface area contributed by atoms with Crippen LogP contribution in [-0.2, 0) is 0 Å². The molecule has 1 amide bonds. The molecule has 1 unspecified atom stereocenters. The number of carbonyl (C=O) groups is 1. The minimum atomic E-state index is -0.0246. The van der Waals surface area contributed by atoms with Crippen molar-refractivity contribution in [2.45, 2.75) is 12.5 Å². The number of anilines is 1. The Hall–Kier alpha value is -1.40. The molecule has 0 bridgehead atoms. The quantitative estimate of drug-likeness (QED) is 0.924. The van der Waals surface area contributed by atoms with Crippen LogP contribution >= 0.6 is 27.3 Å². The molecular formula is C14H14BrN3OS. The van der Waals surface area contributed by atoms with Crippen molar-refractivity contribution < 1.29 is 4.79 Å². The molecule has 0 spiro atoms. The Morgan fingerprint density at radius 2 is 2.30 bits per heavy atom. The first-order valence-corrected chi connectivity index (χ1v) is 8.11. The van der Waals surface area contributed by atoms with Crippen molar-refractivity contribution in [2.24, 2.45) is 0 Å². The monoisotopic (exact) mass is 351 g/mol. The van der Waals surface area contributed by atoms with Gasteiger partial charge in [0, 0.05) is 35.2 Å². The maximum atomic E-state index is 12.2. The van der Waals surface area contributed by atoms with Crippen LogP contribution in [0.25, 0.3) is 0 Å². The standard InChI is InChI=1S/C14H14BrN3OS/c15-12-4-2-1-3-11(12)13(19)17-10-5-7-18(9-10)14-16-6-8-20-14/h1-4,6,8,10H,5,7,9H2,(H,17,19). The third-order valence-corrected chi connectivity index (χ3v) is 4.86. The minimum Gasteiger partial charge on any atom is -0.347 e. The first-order valence-electron chi connectivity index (χ1n) is 6.44. The minimum absolute atomic E-state index is 0.0246. The van der Waals surface area contributed by atoms with Crippen LogP contribution in [0.1, 0.15) is 16.8 Å². The molecular weight excluding hydrogens is 338 g/mol. The average Bonchev–Trinajstić information content (AvgIpc) is 3.09. The van der Waals surface area contributed by atoms with Crippen LogP contribution in [-0.4, -0.2) is 30.0 Å². The molecule has 0 radical (unpaired) electrons. The number of amides is 1. The lowest BCUT2D eigenvalue weighted by atomic mass is 10.2. The van der Waals surface area contributed by atoms with E-state index in [1.807, 2.05) is 35.8 Å². The summed E-state index contributed by atoms with van der Waals surface area (Å²) in [5.74, 6) is -0.0246. The number of carbonyl (C=O) groups excluding carboxylic acids is 1. The Kier molecular flexibility index (Phi) is 4.03. The van der Waals surface area contributed by atoms with E-state index >= 15 is 0 Å². The zero-order chi connectivity index (χ0) is 13.9. The van der Waals surface area contributed by atoms with Crippen LogP contribution in [0.2, 0.25) is 0 Å². The van der Waals surface area contributed by atoms with Crippen LogP contribution < -0.4 is 10.2 Å². The lowest BCUT2D eigenvalue weighted by molar-refractivity contribution is 0.0939. The molecule has 1 saturated heterocycles. The summed E-state index contributed by atoms with van der Waals surface area (Å²) < 4.78 is 0.826. The molecule has 1 aliphatic heterocycles. The summed E-state index contributed by atoms with van der Waals surface area (Å²) in [4.78, 5) is 18.8. The summed E-state index contributed by atoms with van der Waals surface area (Å²) in [7, 11) is 0. The second-order valence-corrected chi connectivity index (χ2v) is 6.43. The van der Waals surface area contributed by atoms with Gasteiger partial charge in [-0.3, -0.25) is 4.79 Å².